The second-order valence-electron chi connectivity index (χ2n) is 13.0. The number of methoxy groups -OCH3 is 1. The number of carbonyl (C=O) groups excluding carboxylic acids is 2. The molecule has 4 aromatic rings. The maximum absolute atomic E-state index is 15.7. The Morgan fingerprint density at radius 2 is 1.84 bits per heavy atom. The minimum Gasteiger partial charge on any atom is -0.375 e. The van der Waals surface area contributed by atoms with Gasteiger partial charge < -0.3 is 24.8 Å². The first-order valence-electron chi connectivity index (χ1n) is 15.9. The fourth-order valence-corrected chi connectivity index (χ4v) is 7.29. The molecule has 5 heterocycles. The number of para-hydroxylation sites is 1. The molecular weight excluding hydrogens is 559 g/mol. The van der Waals surface area contributed by atoms with Gasteiger partial charge in [0.05, 0.1) is 16.8 Å². The number of fused-ring (bicyclic) bond motifs is 2. The number of hydrogen-bond donors (Lipinski definition) is 1. The van der Waals surface area contributed by atoms with Crippen LogP contribution in [0.3, 0.4) is 0 Å². The van der Waals surface area contributed by atoms with E-state index in [4.69, 9.17) is 15.6 Å². The lowest BCUT2D eigenvalue weighted by Crippen LogP contribution is -2.45. The van der Waals surface area contributed by atoms with Crippen molar-refractivity contribution in [3.63, 3.8) is 0 Å². The molecule has 1 atom stereocenters. The van der Waals surface area contributed by atoms with Crippen LogP contribution in [0.1, 0.15) is 65.9 Å². The second kappa shape index (κ2) is 11.6. The van der Waals surface area contributed by atoms with E-state index in [-0.39, 0.29) is 30.0 Å². The molecule has 2 amide bonds. The molecule has 3 aromatic heterocycles. The Hall–Kier alpha value is -3.76. The highest BCUT2D eigenvalue weighted by Gasteiger charge is 2.30. The minimum absolute atomic E-state index is 0.0440. The predicted molar refractivity (Wildman–Crippen MR) is 167 cm³/mol. The molecule has 0 spiro atoms. The van der Waals surface area contributed by atoms with Gasteiger partial charge in [0, 0.05) is 63.0 Å². The molecule has 0 radical (unpaired) electrons. The Bertz CT molecular complexity index is 1730. The first kappa shape index (κ1) is 29.0. The van der Waals surface area contributed by atoms with Crippen molar-refractivity contribution in [2.75, 3.05) is 39.9 Å². The first-order valence-corrected chi connectivity index (χ1v) is 15.9. The van der Waals surface area contributed by atoms with Gasteiger partial charge in [0.1, 0.15) is 23.6 Å². The number of likely N-dealkylation sites (tertiary alicyclic amines) is 2. The normalized spacial score (nSPS) is 19.8. The Morgan fingerprint density at radius 3 is 2.57 bits per heavy atom. The summed E-state index contributed by atoms with van der Waals surface area (Å²) in [6.07, 6.45) is 7.60. The topological polar surface area (TPSA) is 98.1 Å². The summed E-state index contributed by atoms with van der Waals surface area (Å²) in [6.45, 7) is 5.46. The summed E-state index contributed by atoms with van der Waals surface area (Å²) in [6, 6.07) is 9.97. The monoisotopic (exact) mass is 600 g/mol. The number of hydrogen-bond acceptors (Lipinski definition) is 5. The Kier molecular flexibility index (Phi) is 7.66. The van der Waals surface area contributed by atoms with Gasteiger partial charge in [0.2, 0.25) is 5.91 Å². The number of ether oxygens (including phenoxy) is 1. The van der Waals surface area contributed by atoms with Crippen LogP contribution in [0.5, 0.6) is 0 Å². The molecule has 1 unspecified atom stereocenters. The number of nitrogens with two attached hydrogens (primary N) is 1. The Morgan fingerprint density at radius 1 is 1.05 bits per heavy atom. The van der Waals surface area contributed by atoms with Crippen LogP contribution in [0.25, 0.3) is 27.8 Å². The van der Waals surface area contributed by atoms with E-state index < -0.39 is 5.82 Å². The SMILES string of the molecule is COCC(=O)N1CCC(c2cccc3cc(-c4nn5cc(C(=O)N6CCCC(N)C6)cc(F)c5c4C)n(CC4CC4)c23)CC1. The number of aryl methyl sites for hydroxylation is 1. The molecule has 1 aromatic carbocycles. The van der Waals surface area contributed by atoms with Crippen LogP contribution in [0, 0.1) is 18.7 Å². The first-order chi connectivity index (χ1) is 21.3. The van der Waals surface area contributed by atoms with Crippen molar-refractivity contribution in [2.24, 2.45) is 11.7 Å². The van der Waals surface area contributed by atoms with Crippen LogP contribution >= 0.6 is 0 Å². The zero-order valence-corrected chi connectivity index (χ0v) is 25.6. The fraction of sp³-hybridized carbons (Fsp3) is 0.500. The molecule has 2 N–H and O–H groups in total. The van der Waals surface area contributed by atoms with Crippen molar-refractivity contribution < 1.29 is 18.7 Å². The zero-order valence-electron chi connectivity index (χ0n) is 25.6. The number of aromatic nitrogens is 3. The molecule has 2 saturated heterocycles. The Labute approximate surface area is 256 Å². The van der Waals surface area contributed by atoms with Gasteiger partial charge in [0.25, 0.3) is 5.91 Å². The zero-order chi connectivity index (χ0) is 30.5. The highest BCUT2D eigenvalue weighted by Crippen LogP contribution is 2.41. The maximum Gasteiger partial charge on any atom is 0.255 e. The van der Waals surface area contributed by atoms with Crippen LogP contribution in [0.15, 0.2) is 36.5 Å². The van der Waals surface area contributed by atoms with Gasteiger partial charge in [-0.1, -0.05) is 18.2 Å². The average Bonchev–Trinajstić information content (AvgIpc) is 3.68. The van der Waals surface area contributed by atoms with Crippen LogP contribution < -0.4 is 5.73 Å². The van der Waals surface area contributed by atoms with E-state index >= 15 is 4.39 Å². The summed E-state index contributed by atoms with van der Waals surface area (Å²) in [5.74, 6) is 0.330. The number of benzene rings is 1. The average molecular weight is 601 g/mol. The lowest BCUT2D eigenvalue weighted by Gasteiger charge is -2.32. The molecule has 10 heteroatoms. The highest BCUT2D eigenvalue weighted by atomic mass is 19.1. The lowest BCUT2D eigenvalue weighted by molar-refractivity contribution is -0.136. The number of halogens is 1. The summed E-state index contributed by atoms with van der Waals surface area (Å²) in [5.41, 5.74) is 11.8. The summed E-state index contributed by atoms with van der Waals surface area (Å²) in [7, 11) is 1.56. The van der Waals surface area contributed by atoms with Gasteiger partial charge in [-0.3, -0.25) is 9.59 Å². The molecule has 1 saturated carbocycles. The molecule has 3 aliphatic rings. The van der Waals surface area contributed by atoms with Crippen molar-refractivity contribution in [2.45, 2.75) is 64.0 Å². The second-order valence-corrected chi connectivity index (χ2v) is 13.0. The van der Waals surface area contributed by atoms with Crippen LogP contribution in [0.2, 0.25) is 0 Å². The van der Waals surface area contributed by atoms with E-state index in [1.165, 1.54) is 30.0 Å². The van der Waals surface area contributed by atoms with E-state index in [1.54, 1.807) is 22.7 Å². The number of piperidine rings is 2. The third-order valence-electron chi connectivity index (χ3n) is 9.80. The molecule has 9 nitrogen and oxygen atoms in total. The Balaban J connectivity index is 1.27. The predicted octanol–water partition coefficient (Wildman–Crippen LogP) is 4.73. The number of rotatable bonds is 7. The molecule has 1 aliphatic carbocycles. The standard InChI is InChI=1S/C34H41FN6O3/c1-21-31(37-41-18-25(15-28(35)32(21)41)34(43)39-12-4-6-26(36)19-39)29-16-24-5-3-7-27(33(24)40(29)17-22-8-9-22)23-10-13-38(14-11-23)30(42)20-44-2/h3,5,7,15-16,18,22-23,26H,4,6,8-14,17,19-20,36H2,1-2H3. The van der Waals surface area contributed by atoms with Gasteiger partial charge in [-0.15, -0.1) is 0 Å². The van der Waals surface area contributed by atoms with Crippen molar-refractivity contribution in [3.05, 3.63) is 59.0 Å². The van der Waals surface area contributed by atoms with E-state index in [0.717, 1.165) is 54.6 Å². The molecular formula is C34H41FN6O3. The smallest absolute Gasteiger partial charge is 0.255 e. The van der Waals surface area contributed by atoms with Crippen molar-refractivity contribution in [1.29, 1.82) is 0 Å². The van der Waals surface area contributed by atoms with E-state index in [0.29, 0.717) is 43.5 Å². The molecule has 44 heavy (non-hydrogen) atoms. The van der Waals surface area contributed by atoms with Crippen LogP contribution in [-0.2, 0) is 16.1 Å². The third-order valence-corrected chi connectivity index (χ3v) is 9.80. The molecule has 232 valence electrons. The summed E-state index contributed by atoms with van der Waals surface area (Å²) in [5, 5.41) is 6.07. The van der Waals surface area contributed by atoms with Gasteiger partial charge in [0.15, 0.2) is 0 Å². The number of carbonyl (C=O) groups is 2. The largest absolute Gasteiger partial charge is 0.375 e. The van der Waals surface area contributed by atoms with Crippen LogP contribution in [-0.4, -0.2) is 81.7 Å². The molecule has 7 rings (SSSR count). The van der Waals surface area contributed by atoms with Gasteiger partial charge in [-0.25, -0.2) is 8.91 Å². The van der Waals surface area contributed by atoms with Gasteiger partial charge in [-0.05, 0) is 75.0 Å². The quantitative estimate of drug-likeness (QED) is 0.331. The third kappa shape index (κ3) is 5.28. The fourth-order valence-electron chi connectivity index (χ4n) is 7.29. The van der Waals surface area contributed by atoms with Gasteiger partial charge in [-0.2, -0.15) is 5.10 Å². The van der Waals surface area contributed by atoms with E-state index in [2.05, 4.69) is 28.8 Å². The minimum atomic E-state index is -0.450. The number of amides is 2. The summed E-state index contributed by atoms with van der Waals surface area (Å²) in [4.78, 5) is 29.4. The van der Waals surface area contributed by atoms with Gasteiger partial charge >= 0.3 is 0 Å². The van der Waals surface area contributed by atoms with Crippen molar-refractivity contribution >= 4 is 28.2 Å². The summed E-state index contributed by atoms with van der Waals surface area (Å²) >= 11 is 0. The number of nitrogens with zero attached hydrogens (tertiary/aromatic N) is 5. The van der Waals surface area contributed by atoms with E-state index in [1.807, 2.05) is 11.8 Å². The summed E-state index contributed by atoms with van der Waals surface area (Å²) < 4.78 is 24.7. The van der Waals surface area contributed by atoms with E-state index in [9.17, 15) is 9.59 Å². The molecule has 0 bridgehead atoms. The van der Waals surface area contributed by atoms with Crippen molar-refractivity contribution in [1.82, 2.24) is 24.0 Å². The molecule has 3 fully saturated rings. The number of pyridine rings is 1. The maximum atomic E-state index is 15.7. The van der Waals surface area contributed by atoms with Crippen molar-refractivity contribution in [3.8, 4) is 11.4 Å². The van der Waals surface area contributed by atoms with Crippen LogP contribution in [0.4, 0.5) is 4.39 Å². The highest BCUT2D eigenvalue weighted by molar-refractivity contribution is 5.95. The molecule has 2 aliphatic heterocycles. The lowest BCUT2D eigenvalue weighted by atomic mass is 9.88.